The number of nitrogens with zero attached hydrogens (tertiary/aromatic N) is 5. The summed E-state index contributed by atoms with van der Waals surface area (Å²) in [6, 6.07) is 21.8. The largest absolute Gasteiger partial charge is 0.461 e. The van der Waals surface area contributed by atoms with Gasteiger partial charge in [-0.1, -0.05) is 59.8 Å². The maximum atomic E-state index is 13.2. The molecule has 3 aromatic heterocycles. The van der Waals surface area contributed by atoms with Gasteiger partial charge in [-0.25, -0.2) is 4.98 Å². The highest BCUT2D eigenvalue weighted by Gasteiger charge is 2.25. The molecule has 39 heavy (non-hydrogen) atoms. The molecule has 198 valence electrons. The lowest BCUT2D eigenvalue weighted by molar-refractivity contribution is 0.0685. The van der Waals surface area contributed by atoms with Crippen LogP contribution in [0, 0.1) is 5.92 Å². The van der Waals surface area contributed by atoms with Crippen molar-refractivity contribution in [2.24, 2.45) is 5.92 Å². The molecule has 10 heteroatoms. The third-order valence-corrected chi connectivity index (χ3v) is 9.01. The summed E-state index contributed by atoms with van der Waals surface area (Å²) in [7, 11) is 0. The van der Waals surface area contributed by atoms with Crippen molar-refractivity contribution in [3.05, 3.63) is 99.7 Å². The van der Waals surface area contributed by atoms with Gasteiger partial charge in [0.15, 0.2) is 10.9 Å². The fourth-order valence-electron chi connectivity index (χ4n) is 4.83. The third-order valence-electron chi connectivity index (χ3n) is 6.81. The monoisotopic (exact) mass is 575 g/mol. The second kappa shape index (κ2) is 11.8. The van der Waals surface area contributed by atoms with E-state index < -0.39 is 0 Å². The summed E-state index contributed by atoms with van der Waals surface area (Å²) in [5.41, 5.74) is 2.73. The van der Waals surface area contributed by atoms with Gasteiger partial charge >= 0.3 is 0 Å². The first-order chi connectivity index (χ1) is 19.1. The number of benzene rings is 2. The average molecular weight is 576 g/mol. The van der Waals surface area contributed by atoms with Gasteiger partial charge in [-0.05, 0) is 61.1 Å². The second-order valence-electron chi connectivity index (χ2n) is 9.44. The van der Waals surface area contributed by atoms with E-state index in [0.29, 0.717) is 39.1 Å². The zero-order valence-corrected chi connectivity index (χ0v) is 23.5. The molecule has 1 aliphatic rings. The third kappa shape index (κ3) is 5.95. The molecule has 6 rings (SSSR count). The lowest BCUT2D eigenvalue weighted by Gasteiger charge is -2.31. The van der Waals surface area contributed by atoms with Crippen LogP contribution in [0.5, 0.6) is 0 Å². The number of thiazole rings is 1. The van der Waals surface area contributed by atoms with Crippen LogP contribution in [0.1, 0.15) is 33.9 Å². The molecule has 1 aliphatic heterocycles. The summed E-state index contributed by atoms with van der Waals surface area (Å²) < 4.78 is 7.52. The van der Waals surface area contributed by atoms with Gasteiger partial charge in [-0.2, -0.15) is 0 Å². The average Bonchev–Trinajstić information content (AvgIpc) is 3.74. The fraction of sp³-hybridized carbons (Fsp3) is 0.241. The van der Waals surface area contributed by atoms with Gasteiger partial charge in [0.2, 0.25) is 5.82 Å². The topological polar surface area (TPSA) is 77.0 Å². The minimum absolute atomic E-state index is 0.0165. The van der Waals surface area contributed by atoms with Crippen LogP contribution in [0.4, 0.5) is 0 Å². The number of halogens is 1. The molecule has 0 saturated carbocycles. The van der Waals surface area contributed by atoms with Crippen molar-refractivity contribution in [2.45, 2.75) is 30.2 Å². The molecule has 1 saturated heterocycles. The maximum absolute atomic E-state index is 13.2. The Morgan fingerprint density at radius 3 is 2.67 bits per heavy atom. The highest BCUT2D eigenvalue weighted by molar-refractivity contribution is 7.98. The van der Waals surface area contributed by atoms with Crippen molar-refractivity contribution in [1.29, 1.82) is 0 Å². The van der Waals surface area contributed by atoms with Crippen molar-refractivity contribution < 1.29 is 9.21 Å². The number of aromatic nitrogens is 4. The summed E-state index contributed by atoms with van der Waals surface area (Å²) in [5.74, 6) is 2.40. The van der Waals surface area contributed by atoms with Crippen LogP contribution >= 0.6 is 34.7 Å². The van der Waals surface area contributed by atoms with E-state index in [-0.39, 0.29) is 5.91 Å². The first-order valence-electron chi connectivity index (χ1n) is 12.8. The molecular weight excluding hydrogens is 550 g/mol. The molecule has 0 aliphatic carbocycles. The summed E-state index contributed by atoms with van der Waals surface area (Å²) in [6.07, 6.45) is 4.72. The Morgan fingerprint density at radius 2 is 1.90 bits per heavy atom. The van der Waals surface area contributed by atoms with E-state index in [2.05, 4.69) is 39.4 Å². The van der Waals surface area contributed by atoms with Gasteiger partial charge in [0, 0.05) is 23.5 Å². The Kier molecular flexibility index (Phi) is 7.81. The van der Waals surface area contributed by atoms with Gasteiger partial charge in [-0.15, -0.1) is 21.5 Å². The van der Waals surface area contributed by atoms with Crippen LogP contribution in [0.25, 0.3) is 17.3 Å². The van der Waals surface area contributed by atoms with E-state index >= 15 is 0 Å². The molecule has 5 aromatic rings. The van der Waals surface area contributed by atoms with Crippen LogP contribution in [0.2, 0.25) is 5.02 Å². The van der Waals surface area contributed by atoms with E-state index in [4.69, 9.17) is 16.0 Å². The van der Waals surface area contributed by atoms with E-state index in [1.54, 1.807) is 6.26 Å². The second-order valence-corrected chi connectivity index (χ2v) is 11.8. The molecular formula is C29H26ClN5O2S2. The molecule has 0 bridgehead atoms. The number of rotatable bonds is 8. The number of amides is 1. The fourth-order valence-corrected chi connectivity index (χ4v) is 6.75. The molecule has 1 amide bonds. The summed E-state index contributed by atoms with van der Waals surface area (Å²) >= 11 is 9.28. The minimum Gasteiger partial charge on any atom is -0.461 e. The Bertz CT molecular complexity index is 1540. The molecule has 0 radical (unpaired) electrons. The molecule has 0 spiro atoms. The zero-order chi connectivity index (χ0) is 26.6. The van der Waals surface area contributed by atoms with E-state index in [1.807, 2.05) is 57.3 Å². The van der Waals surface area contributed by atoms with E-state index in [1.165, 1.54) is 28.7 Å². The molecule has 1 fully saturated rings. The Labute approximate surface area is 239 Å². The number of carbonyl (C=O) groups excluding carboxylic acids is 1. The number of thioether (sulfide) groups is 1. The van der Waals surface area contributed by atoms with Crippen LogP contribution in [-0.4, -0.2) is 43.6 Å². The number of hydrogen-bond acceptors (Lipinski definition) is 7. The van der Waals surface area contributed by atoms with Gasteiger partial charge in [-0.3, -0.25) is 9.36 Å². The Balaban J connectivity index is 1.11. The molecule has 4 heterocycles. The summed E-state index contributed by atoms with van der Waals surface area (Å²) in [5, 5.41) is 12.8. The molecule has 2 aromatic carbocycles. The van der Waals surface area contributed by atoms with Crippen LogP contribution in [0.3, 0.4) is 0 Å². The van der Waals surface area contributed by atoms with Gasteiger partial charge in [0.1, 0.15) is 10.7 Å². The number of likely N-dealkylation sites (tertiary alicyclic amines) is 1. The molecule has 0 atom stereocenters. The van der Waals surface area contributed by atoms with Crippen molar-refractivity contribution in [1.82, 2.24) is 24.6 Å². The number of hydrogen-bond donors (Lipinski definition) is 0. The lowest BCUT2D eigenvalue weighted by Crippen LogP contribution is -2.39. The van der Waals surface area contributed by atoms with Crippen LogP contribution < -0.4 is 0 Å². The van der Waals surface area contributed by atoms with Crippen molar-refractivity contribution in [3.63, 3.8) is 0 Å². The highest BCUT2D eigenvalue weighted by atomic mass is 35.5. The number of carbonyl (C=O) groups is 1. The van der Waals surface area contributed by atoms with Crippen LogP contribution in [0.15, 0.2) is 87.9 Å². The van der Waals surface area contributed by atoms with Gasteiger partial charge in [0.25, 0.3) is 5.91 Å². The van der Waals surface area contributed by atoms with Gasteiger partial charge in [0.05, 0.1) is 17.7 Å². The smallest absolute Gasteiger partial charge is 0.273 e. The minimum atomic E-state index is 0.0165. The molecule has 7 nitrogen and oxygen atoms in total. The predicted octanol–water partition coefficient (Wildman–Crippen LogP) is 7.02. The zero-order valence-electron chi connectivity index (χ0n) is 21.1. The van der Waals surface area contributed by atoms with Crippen molar-refractivity contribution in [2.75, 3.05) is 13.1 Å². The summed E-state index contributed by atoms with van der Waals surface area (Å²) in [6.45, 7) is 1.55. The predicted molar refractivity (Wildman–Crippen MR) is 155 cm³/mol. The first-order valence-corrected chi connectivity index (χ1v) is 15.0. The Hall–Kier alpha value is -3.40. The van der Waals surface area contributed by atoms with E-state index in [9.17, 15) is 4.79 Å². The molecule has 0 N–H and O–H groups in total. The quantitative estimate of drug-likeness (QED) is 0.185. The maximum Gasteiger partial charge on any atom is 0.273 e. The first kappa shape index (κ1) is 25.9. The van der Waals surface area contributed by atoms with Crippen molar-refractivity contribution in [3.8, 4) is 17.3 Å². The standard InChI is InChI=1S/C29H26ClN5O2S2/c30-22-8-4-9-23(17-22)35-27(25-10-5-15-37-25)32-33-29(35)39-19-26-31-24(18-38-26)28(36)34-13-11-21(12-14-34)16-20-6-2-1-3-7-20/h1-10,15,17-18,21H,11-14,16,19H2. The lowest BCUT2D eigenvalue weighted by atomic mass is 9.90. The van der Waals surface area contributed by atoms with Crippen LogP contribution in [-0.2, 0) is 12.2 Å². The normalized spacial score (nSPS) is 14.1. The number of furan rings is 1. The van der Waals surface area contributed by atoms with Crippen molar-refractivity contribution >= 4 is 40.6 Å². The number of piperidine rings is 1. The van der Waals surface area contributed by atoms with E-state index in [0.717, 1.165) is 43.0 Å². The van der Waals surface area contributed by atoms with Gasteiger partial charge < -0.3 is 9.32 Å². The SMILES string of the molecule is O=C(c1csc(CSc2nnc(-c3ccco3)n2-c2cccc(Cl)c2)n1)N1CCC(Cc2ccccc2)CC1. The highest BCUT2D eigenvalue weighted by Crippen LogP contribution is 2.32. The molecule has 0 unspecified atom stereocenters. The Morgan fingerprint density at radius 1 is 1.05 bits per heavy atom. The summed E-state index contributed by atoms with van der Waals surface area (Å²) in [4.78, 5) is 19.8.